The van der Waals surface area contributed by atoms with Gasteiger partial charge in [-0.05, 0) is 37.1 Å². The summed E-state index contributed by atoms with van der Waals surface area (Å²) < 4.78 is 5.09. The minimum absolute atomic E-state index is 0.0640. The zero-order chi connectivity index (χ0) is 16.7. The lowest BCUT2D eigenvalue weighted by atomic mass is 9.94. The zero-order valence-corrected chi connectivity index (χ0v) is 14.0. The maximum Gasteiger partial charge on any atom is 0.226 e. The lowest BCUT2D eigenvalue weighted by molar-refractivity contribution is -0.132. The summed E-state index contributed by atoms with van der Waals surface area (Å²) in [5.74, 6) is 0.745. The van der Waals surface area contributed by atoms with Crippen LogP contribution in [-0.4, -0.2) is 36.4 Å². The van der Waals surface area contributed by atoms with E-state index in [-0.39, 0.29) is 11.8 Å². The Morgan fingerprint density at radius 3 is 2.39 bits per heavy atom. The molecule has 1 fully saturated rings. The normalized spacial score (nSPS) is 15.0. The van der Waals surface area contributed by atoms with Crippen LogP contribution in [0.25, 0.3) is 0 Å². The zero-order valence-electron chi connectivity index (χ0n) is 14.0. The van der Waals surface area contributed by atoms with Gasteiger partial charge in [0.25, 0.3) is 0 Å². The monoisotopic (exact) mass is 318 g/mol. The molecule has 0 bridgehead atoms. The number of benzene rings is 1. The second-order valence-corrected chi connectivity index (χ2v) is 6.03. The largest absolute Gasteiger partial charge is 0.497 e. The molecule has 0 atom stereocenters. The standard InChI is InChI=1S/C18H26N2O3/c1-14(21)20(16-6-4-3-5-7-16)13-12-18(22)19-15-8-10-17(23-2)11-9-15/h8-11,16H,3-7,12-13H2,1-2H3,(H,19,22). The summed E-state index contributed by atoms with van der Waals surface area (Å²) in [5, 5.41) is 2.86. The molecule has 1 aromatic rings. The number of methoxy groups -OCH3 is 1. The molecule has 1 saturated carbocycles. The lowest BCUT2D eigenvalue weighted by Crippen LogP contribution is -2.41. The highest BCUT2D eigenvalue weighted by molar-refractivity contribution is 5.91. The molecule has 23 heavy (non-hydrogen) atoms. The summed E-state index contributed by atoms with van der Waals surface area (Å²) >= 11 is 0. The molecule has 1 N–H and O–H groups in total. The van der Waals surface area contributed by atoms with E-state index in [0.717, 1.165) is 24.3 Å². The van der Waals surface area contributed by atoms with Crippen molar-refractivity contribution in [2.75, 3.05) is 19.0 Å². The van der Waals surface area contributed by atoms with Crippen molar-refractivity contribution in [3.05, 3.63) is 24.3 Å². The Bertz CT molecular complexity index is 522. The molecule has 0 unspecified atom stereocenters. The fourth-order valence-corrected chi connectivity index (χ4v) is 3.11. The van der Waals surface area contributed by atoms with Crippen molar-refractivity contribution >= 4 is 17.5 Å². The number of hydrogen-bond acceptors (Lipinski definition) is 3. The first kappa shape index (κ1) is 17.3. The number of nitrogens with one attached hydrogen (secondary N) is 1. The van der Waals surface area contributed by atoms with Crippen LogP contribution >= 0.6 is 0 Å². The molecule has 1 aliphatic rings. The SMILES string of the molecule is COc1ccc(NC(=O)CCN(C(C)=O)C2CCCCC2)cc1. The van der Waals surface area contributed by atoms with Gasteiger partial charge >= 0.3 is 0 Å². The molecule has 5 nitrogen and oxygen atoms in total. The van der Waals surface area contributed by atoms with Crippen molar-refractivity contribution in [1.29, 1.82) is 0 Å². The number of nitrogens with zero attached hydrogens (tertiary/aromatic N) is 1. The summed E-state index contributed by atoms with van der Waals surface area (Å²) in [4.78, 5) is 25.8. The molecule has 0 heterocycles. The number of rotatable bonds is 6. The number of anilines is 1. The molecule has 0 aromatic heterocycles. The third kappa shape index (κ3) is 5.27. The molecule has 1 aliphatic carbocycles. The van der Waals surface area contributed by atoms with Crippen LogP contribution in [-0.2, 0) is 9.59 Å². The number of carbonyl (C=O) groups is 2. The van der Waals surface area contributed by atoms with Gasteiger partial charge in [-0.15, -0.1) is 0 Å². The van der Waals surface area contributed by atoms with Crippen LogP contribution in [0.1, 0.15) is 45.4 Å². The Hall–Kier alpha value is -2.04. The average molecular weight is 318 g/mol. The van der Waals surface area contributed by atoms with Gasteiger partial charge in [-0.25, -0.2) is 0 Å². The Labute approximate surface area is 138 Å². The maximum atomic E-state index is 12.1. The van der Waals surface area contributed by atoms with Gasteiger partial charge < -0.3 is 15.0 Å². The Balaban J connectivity index is 1.84. The smallest absolute Gasteiger partial charge is 0.226 e. The molecule has 1 aromatic carbocycles. The van der Waals surface area contributed by atoms with Crippen molar-refractivity contribution in [2.45, 2.75) is 51.5 Å². The van der Waals surface area contributed by atoms with Gasteiger partial charge in [0.05, 0.1) is 7.11 Å². The number of hydrogen-bond donors (Lipinski definition) is 1. The highest BCUT2D eigenvalue weighted by atomic mass is 16.5. The molecule has 0 saturated heterocycles. The van der Waals surface area contributed by atoms with E-state index in [4.69, 9.17) is 4.74 Å². The first-order chi connectivity index (χ1) is 11.1. The van der Waals surface area contributed by atoms with Gasteiger partial charge in [-0.2, -0.15) is 0 Å². The number of ether oxygens (including phenoxy) is 1. The highest BCUT2D eigenvalue weighted by Crippen LogP contribution is 2.23. The van der Waals surface area contributed by atoms with E-state index in [1.165, 1.54) is 19.3 Å². The highest BCUT2D eigenvalue weighted by Gasteiger charge is 2.23. The van der Waals surface area contributed by atoms with Crippen LogP contribution in [0, 0.1) is 0 Å². The summed E-state index contributed by atoms with van der Waals surface area (Å²) in [6, 6.07) is 7.52. The van der Waals surface area contributed by atoms with Gasteiger partial charge in [0, 0.05) is 31.6 Å². The van der Waals surface area contributed by atoms with Crippen molar-refractivity contribution in [3.63, 3.8) is 0 Å². The van der Waals surface area contributed by atoms with Gasteiger partial charge in [0.15, 0.2) is 0 Å². The summed E-state index contributed by atoms with van der Waals surface area (Å²) in [6.07, 6.45) is 6.03. The summed E-state index contributed by atoms with van der Waals surface area (Å²) in [6.45, 7) is 2.08. The third-order valence-corrected chi connectivity index (χ3v) is 4.37. The Morgan fingerprint density at radius 2 is 1.83 bits per heavy atom. The summed E-state index contributed by atoms with van der Waals surface area (Å²) in [5.41, 5.74) is 0.739. The van der Waals surface area contributed by atoms with Crippen LogP contribution in [0.2, 0.25) is 0 Å². The van der Waals surface area contributed by atoms with Crippen molar-refractivity contribution in [3.8, 4) is 5.75 Å². The van der Waals surface area contributed by atoms with Gasteiger partial charge in [0.1, 0.15) is 5.75 Å². The fourth-order valence-electron chi connectivity index (χ4n) is 3.11. The van der Waals surface area contributed by atoms with Crippen LogP contribution in [0.15, 0.2) is 24.3 Å². The van der Waals surface area contributed by atoms with E-state index < -0.39 is 0 Å². The minimum Gasteiger partial charge on any atom is -0.497 e. The fraction of sp³-hybridized carbons (Fsp3) is 0.556. The average Bonchev–Trinajstić information content (AvgIpc) is 2.56. The molecular formula is C18H26N2O3. The van der Waals surface area contributed by atoms with Crippen molar-refractivity contribution < 1.29 is 14.3 Å². The van der Waals surface area contributed by atoms with Crippen LogP contribution in [0.4, 0.5) is 5.69 Å². The van der Waals surface area contributed by atoms with Gasteiger partial charge in [0.2, 0.25) is 11.8 Å². The molecule has 5 heteroatoms. The van der Waals surface area contributed by atoms with Crippen LogP contribution in [0.5, 0.6) is 5.75 Å². The van der Waals surface area contributed by atoms with Crippen molar-refractivity contribution in [1.82, 2.24) is 4.90 Å². The van der Waals surface area contributed by atoms with E-state index in [2.05, 4.69) is 5.32 Å². The molecule has 2 amide bonds. The second-order valence-electron chi connectivity index (χ2n) is 6.03. The van der Waals surface area contributed by atoms with Crippen LogP contribution < -0.4 is 10.1 Å². The van der Waals surface area contributed by atoms with Gasteiger partial charge in [-0.3, -0.25) is 9.59 Å². The van der Waals surface area contributed by atoms with Crippen molar-refractivity contribution in [2.24, 2.45) is 0 Å². The Morgan fingerprint density at radius 1 is 1.17 bits per heavy atom. The Kier molecular flexibility index (Phi) is 6.44. The van der Waals surface area contributed by atoms with Gasteiger partial charge in [-0.1, -0.05) is 19.3 Å². The molecule has 2 rings (SSSR count). The van der Waals surface area contributed by atoms with E-state index in [9.17, 15) is 9.59 Å². The predicted octanol–water partition coefficient (Wildman–Crippen LogP) is 3.21. The topological polar surface area (TPSA) is 58.6 Å². The lowest BCUT2D eigenvalue weighted by Gasteiger charge is -2.33. The predicted molar refractivity (Wildman–Crippen MR) is 90.5 cm³/mol. The molecule has 0 aliphatic heterocycles. The van der Waals surface area contributed by atoms with E-state index in [0.29, 0.717) is 19.0 Å². The molecule has 0 radical (unpaired) electrons. The number of carbonyl (C=O) groups excluding carboxylic acids is 2. The van der Waals surface area contributed by atoms with E-state index >= 15 is 0 Å². The first-order valence-electron chi connectivity index (χ1n) is 8.31. The van der Waals surface area contributed by atoms with E-state index in [1.807, 2.05) is 4.90 Å². The van der Waals surface area contributed by atoms with E-state index in [1.54, 1.807) is 38.3 Å². The molecule has 126 valence electrons. The number of amides is 2. The summed E-state index contributed by atoms with van der Waals surface area (Å²) in [7, 11) is 1.61. The minimum atomic E-state index is -0.0720. The first-order valence-corrected chi connectivity index (χ1v) is 8.31. The maximum absolute atomic E-state index is 12.1. The quantitative estimate of drug-likeness (QED) is 0.876. The molecule has 0 spiro atoms. The third-order valence-electron chi connectivity index (χ3n) is 4.37. The molecular weight excluding hydrogens is 292 g/mol. The second kappa shape index (κ2) is 8.56. The van der Waals surface area contributed by atoms with Crippen LogP contribution in [0.3, 0.4) is 0 Å².